The molecule has 0 unspecified atom stereocenters. The second-order valence-electron chi connectivity index (χ2n) is 7.21. The average Bonchev–Trinajstić information content (AvgIpc) is 3.30. The minimum atomic E-state index is -0.469. The molecule has 0 aliphatic heterocycles. The number of ether oxygens (including phenoxy) is 1. The van der Waals surface area contributed by atoms with Gasteiger partial charge in [0.05, 0.1) is 17.9 Å². The van der Waals surface area contributed by atoms with Gasteiger partial charge in [-0.2, -0.15) is 5.26 Å². The molecule has 166 valence electrons. The highest BCUT2D eigenvalue weighted by atomic mass is 79.9. The largest absolute Gasteiger partial charge is 0.494 e. The van der Waals surface area contributed by atoms with Crippen LogP contribution >= 0.6 is 27.3 Å². The van der Waals surface area contributed by atoms with Gasteiger partial charge in [-0.25, -0.2) is 9.78 Å². The number of halogens is 1. The monoisotopic (exact) mass is 521 g/mol. The quantitative estimate of drug-likeness (QED) is 0.155. The zero-order valence-corrected chi connectivity index (χ0v) is 20.2. The molecule has 2 aromatic carbocycles. The smallest absolute Gasteiger partial charge is 0.345 e. The Bertz CT molecular complexity index is 1400. The van der Waals surface area contributed by atoms with E-state index in [1.165, 1.54) is 11.3 Å². The molecule has 4 aromatic rings. The van der Waals surface area contributed by atoms with E-state index in [1.54, 1.807) is 23.7 Å². The summed E-state index contributed by atoms with van der Waals surface area (Å²) in [6, 6.07) is 16.9. The molecular formula is C25H20BrN3O3S. The number of nitrogens with zero attached hydrogens (tertiary/aromatic N) is 2. The number of anilines is 1. The van der Waals surface area contributed by atoms with Gasteiger partial charge in [-0.15, -0.1) is 11.3 Å². The number of nitrogens with one attached hydrogen (secondary N) is 1. The van der Waals surface area contributed by atoms with Crippen LogP contribution in [0.5, 0.6) is 5.75 Å². The summed E-state index contributed by atoms with van der Waals surface area (Å²) in [4.78, 5) is 17.0. The number of aromatic nitrogens is 1. The molecular weight excluding hydrogens is 502 g/mol. The highest BCUT2D eigenvalue weighted by molar-refractivity contribution is 9.10. The van der Waals surface area contributed by atoms with E-state index in [0.717, 1.165) is 34.1 Å². The van der Waals surface area contributed by atoms with E-state index in [1.807, 2.05) is 36.4 Å². The van der Waals surface area contributed by atoms with Gasteiger partial charge in [-0.1, -0.05) is 29.3 Å². The summed E-state index contributed by atoms with van der Waals surface area (Å²) in [6.07, 6.45) is 3.71. The fourth-order valence-electron chi connectivity index (χ4n) is 3.07. The molecule has 6 nitrogen and oxygen atoms in total. The number of benzene rings is 2. The maximum atomic E-state index is 12.5. The summed E-state index contributed by atoms with van der Waals surface area (Å²) < 4.78 is 12.0. The third-order valence-electron chi connectivity index (χ3n) is 4.83. The van der Waals surface area contributed by atoms with E-state index in [2.05, 4.69) is 39.2 Å². The number of nitriles is 1. The lowest BCUT2D eigenvalue weighted by Crippen LogP contribution is -2.03. The van der Waals surface area contributed by atoms with Crippen LogP contribution < -0.4 is 15.7 Å². The molecule has 2 aromatic heterocycles. The van der Waals surface area contributed by atoms with E-state index < -0.39 is 5.63 Å². The number of fused-ring (bicyclic) bond motifs is 1. The van der Waals surface area contributed by atoms with Crippen LogP contribution in [0.1, 0.15) is 24.8 Å². The lowest BCUT2D eigenvalue weighted by molar-refractivity contribution is 0.309. The number of hydrogen-bond acceptors (Lipinski definition) is 7. The number of thiazole rings is 1. The Labute approximate surface area is 203 Å². The van der Waals surface area contributed by atoms with Gasteiger partial charge in [-0.3, -0.25) is 0 Å². The van der Waals surface area contributed by atoms with Crippen LogP contribution in [0.25, 0.3) is 27.8 Å². The van der Waals surface area contributed by atoms with E-state index >= 15 is 0 Å². The standard InChI is InChI=1S/C25H20BrN3O3S/c1-2-3-10-31-20-7-5-19(6-8-20)28-14-17(13-27)24-29-22(15-33-24)21-12-16-11-18(26)4-9-23(16)32-25(21)30/h4-9,11-12,14-15,28H,2-3,10H2,1H3/b17-14-. The molecule has 33 heavy (non-hydrogen) atoms. The van der Waals surface area contributed by atoms with Crippen molar-refractivity contribution in [3.05, 3.63) is 80.0 Å². The van der Waals surface area contributed by atoms with Crippen LogP contribution in [0, 0.1) is 11.3 Å². The maximum absolute atomic E-state index is 12.5. The first-order chi connectivity index (χ1) is 16.1. The van der Waals surface area contributed by atoms with Crippen LogP contribution in [0.2, 0.25) is 0 Å². The molecule has 0 radical (unpaired) electrons. The Morgan fingerprint density at radius 1 is 1.27 bits per heavy atom. The van der Waals surface area contributed by atoms with E-state index in [9.17, 15) is 10.1 Å². The molecule has 0 saturated carbocycles. The predicted octanol–water partition coefficient (Wildman–Crippen LogP) is 6.83. The highest BCUT2D eigenvalue weighted by Crippen LogP contribution is 2.27. The summed E-state index contributed by atoms with van der Waals surface area (Å²) in [5.41, 5.74) is 2.05. The molecule has 0 bridgehead atoms. The zero-order chi connectivity index (χ0) is 23.2. The summed E-state index contributed by atoms with van der Waals surface area (Å²) >= 11 is 4.72. The van der Waals surface area contributed by atoms with Crippen LogP contribution in [-0.2, 0) is 0 Å². The number of rotatable bonds is 8. The Morgan fingerprint density at radius 2 is 2.09 bits per heavy atom. The van der Waals surface area contributed by atoms with Gasteiger partial charge in [0.2, 0.25) is 0 Å². The van der Waals surface area contributed by atoms with E-state index in [0.29, 0.717) is 34.0 Å². The van der Waals surface area contributed by atoms with Gasteiger partial charge in [0, 0.05) is 27.1 Å². The molecule has 0 aliphatic rings. The molecule has 0 fully saturated rings. The maximum Gasteiger partial charge on any atom is 0.345 e. The molecule has 2 heterocycles. The van der Waals surface area contributed by atoms with E-state index in [4.69, 9.17) is 9.15 Å². The molecule has 0 atom stereocenters. The summed E-state index contributed by atoms with van der Waals surface area (Å²) in [7, 11) is 0. The van der Waals surface area contributed by atoms with Gasteiger partial charge in [0.15, 0.2) is 0 Å². The minimum Gasteiger partial charge on any atom is -0.494 e. The Kier molecular flexibility index (Phi) is 7.23. The van der Waals surface area contributed by atoms with Crippen molar-refractivity contribution in [3.8, 4) is 23.1 Å². The predicted molar refractivity (Wildman–Crippen MR) is 135 cm³/mol. The fourth-order valence-corrected chi connectivity index (χ4v) is 4.24. The average molecular weight is 522 g/mol. The van der Waals surface area contributed by atoms with Crippen molar-refractivity contribution in [2.45, 2.75) is 19.8 Å². The Morgan fingerprint density at radius 3 is 2.85 bits per heavy atom. The van der Waals surface area contributed by atoms with Gasteiger partial charge in [0.1, 0.15) is 28.0 Å². The molecule has 0 spiro atoms. The third-order valence-corrected chi connectivity index (χ3v) is 6.20. The lowest BCUT2D eigenvalue weighted by Gasteiger charge is -2.06. The van der Waals surface area contributed by atoms with Crippen molar-refractivity contribution < 1.29 is 9.15 Å². The first kappa shape index (κ1) is 22.8. The van der Waals surface area contributed by atoms with Crippen molar-refractivity contribution in [2.75, 3.05) is 11.9 Å². The van der Waals surface area contributed by atoms with Crippen molar-refractivity contribution in [2.24, 2.45) is 0 Å². The van der Waals surface area contributed by atoms with Crippen molar-refractivity contribution in [3.63, 3.8) is 0 Å². The van der Waals surface area contributed by atoms with Gasteiger partial charge < -0.3 is 14.5 Å². The minimum absolute atomic E-state index is 0.354. The molecule has 0 saturated heterocycles. The van der Waals surface area contributed by atoms with Crippen LogP contribution in [0.4, 0.5) is 5.69 Å². The fraction of sp³-hybridized carbons (Fsp3) is 0.160. The van der Waals surface area contributed by atoms with Crippen molar-refractivity contribution >= 4 is 49.5 Å². The Hall–Kier alpha value is -3.41. The molecule has 1 N–H and O–H groups in total. The van der Waals surface area contributed by atoms with Crippen molar-refractivity contribution in [1.82, 2.24) is 4.98 Å². The van der Waals surface area contributed by atoms with E-state index in [-0.39, 0.29) is 0 Å². The van der Waals surface area contributed by atoms with Crippen molar-refractivity contribution in [1.29, 1.82) is 5.26 Å². The molecule has 8 heteroatoms. The van der Waals surface area contributed by atoms with Crippen LogP contribution in [-0.4, -0.2) is 11.6 Å². The first-order valence-corrected chi connectivity index (χ1v) is 12.0. The summed E-state index contributed by atoms with van der Waals surface area (Å²) in [6.45, 7) is 2.82. The second-order valence-corrected chi connectivity index (χ2v) is 8.98. The number of unbranched alkanes of at least 4 members (excludes halogenated alkanes) is 1. The number of hydrogen-bond donors (Lipinski definition) is 1. The highest BCUT2D eigenvalue weighted by Gasteiger charge is 2.14. The molecule has 4 rings (SSSR count). The van der Waals surface area contributed by atoms with Gasteiger partial charge >= 0.3 is 5.63 Å². The Balaban J connectivity index is 1.53. The number of allylic oxidation sites excluding steroid dienone is 1. The lowest BCUT2D eigenvalue weighted by atomic mass is 10.1. The second kappa shape index (κ2) is 10.5. The zero-order valence-electron chi connectivity index (χ0n) is 17.8. The topological polar surface area (TPSA) is 88.2 Å². The summed E-state index contributed by atoms with van der Waals surface area (Å²) in [5, 5.41) is 15.8. The SMILES string of the molecule is CCCCOc1ccc(N/C=C(/C#N)c2nc(-c3cc4cc(Br)ccc4oc3=O)cs2)cc1. The van der Waals surface area contributed by atoms with Gasteiger partial charge in [-0.05, 0) is 55.0 Å². The third kappa shape index (κ3) is 5.51. The molecule has 0 amide bonds. The summed E-state index contributed by atoms with van der Waals surface area (Å²) in [5.74, 6) is 0.810. The van der Waals surface area contributed by atoms with Crippen LogP contribution in [0.3, 0.4) is 0 Å². The van der Waals surface area contributed by atoms with Crippen LogP contribution in [0.15, 0.2) is 73.8 Å². The molecule has 0 aliphatic carbocycles. The van der Waals surface area contributed by atoms with Gasteiger partial charge in [0.25, 0.3) is 0 Å². The normalized spacial score (nSPS) is 11.4. The first-order valence-electron chi connectivity index (χ1n) is 10.4.